The first-order valence-corrected chi connectivity index (χ1v) is 9.15. The summed E-state index contributed by atoms with van der Waals surface area (Å²) in [5.74, 6) is 1.71. The standard InChI is InChI=1S/C20H27N3O4/c1-12(2)8-9-23-11-15-17(19(23)24)18(21-20(25)22(15)3)14-10-13(26-4)6-7-16(14)27-5/h6-7,10,12,18H,8-9,11H2,1-5H3,(H,21,25)/t18-/m1/s1. The van der Waals surface area contributed by atoms with Crippen molar-refractivity contribution in [3.63, 3.8) is 0 Å². The van der Waals surface area contributed by atoms with E-state index in [1.807, 2.05) is 11.0 Å². The van der Waals surface area contributed by atoms with Crippen molar-refractivity contribution in [2.24, 2.45) is 5.92 Å². The lowest BCUT2D eigenvalue weighted by Gasteiger charge is -2.31. The van der Waals surface area contributed by atoms with Gasteiger partial charge in [0.1, 0.15) is 11.5 Å². The number of carbonyl (C=O) groups is 2. The molecular weight excluding hydrogens is 346 g/mol. The number of nitrogens with zero attached hydrogens (tertiary/aromatic N) is 2. The zero-order chi connectivity index (χ0) is 19.7. The van der Waals surface area contributed by atoms with Crippen LogP contribution in [0.5, 0.6) is 11.5 Å². The van der Waals surface area contributed by atoms with E-state index in [0.29, 0.717) is 41.6 Å². The lowest BCUT2D eigenvalue weighted by Crippen LogP contribution is -2.45. The molecule has 27 heavy (non-hydrogen) atoms. The lowest BCUT2D eigenvalue weighted by molar-refractivity contribution is -0.125. The van der Waals surface area contributed by atoms with Gasteiger partial charge in [-0.1, -0.05) is 13.8 Å². The van der Waals surface area contributed by atoms with Crippen molar-refractivity contribution in [3.05, 3.63) is 35.0 Å². The van der Waals surface area contributed by atoms with Crippen LogP contribution in [-0.4, -0.2) is 56.1 Å². The topological polar surface area (TPSA) is 71.1 Å². The van der Waals surface area contributed by atoms with Crippen LogP contribution in [0.4, 0.5) is 4.79 Å². The van der Waals surface area contributed by atoms with Crippen LogP contribution in [0.2, 0.25) is 0 Å². The zero-order valence-electron chi connectivity index (χ0n) is 16.5. The number of urea groups is 1. The molecule has 7 nitrogen and oxygen atoms in total. The number of ether oxygens (including phenoxy) is 2. The van der Waals surface area contributed by atoms with Gasteiger partial charge in [-0.05, 0) is 30.5 Å². The number of rotatable bonds is 6. The predicted octanol–water partition coefficient (Wildman–Crippen LogP) is 2.54. The molecule has 0 saturated heterocycles. The number of likely N-dealkylation sites (N-methyl/N-ethyl adjacent to an activating group) is 1. The van der Waals surface area contributed by atoms with Gasteiger partial charge in [-0.25, -0.2) is 4.79 Å². The molecule has 0 spiro atoms. The Morgan fingerprint density at radius 3 is 2.59 bits per heavy atom. The Labute approximate surface area is 159 Å². The Morgan fingerprint density at radius 1 is 1.22 bits per heavy atom. The Balaban J connectivity index is 2.02. The van der Waals surface area contributed by atoms with E-state index in [1.165, 1.54) is 4.90 Å². The van der Waals surface area contributed by atoms with Gasteiger partial charge in [0.05, 0.1) is 38.1 Å². The number of carbonyl (C=O) groups excluding carboxylic acids is 2. The van der Waals surface area contributed by atoms with Gasteiger partial charge in [0.2, 0.25) is 0 Å². The van der Waals surface area contributed by atoms with Crippen LogP contribution in [0.15, 0.2) is 29.5 Å². The highest BCUT2D eigenvalue weighted by Gasteiger charge is 2.43. The van der Waals surface area contributed by atoms with E-state index in [2.05, 4.69) is 19.2 Å². The maximum atomic E-state index is 13.2. The Hall–Kier alpha value is -2.70. The second kappa shape index (κ2) is 7.50. The Morgan fingerprint density at radius 2 is 1.96 bits per heavy atom. The van der Waals surface area contributed by atoms with E-state index in [-0.39, 0.29) is 11.9 Å². The van der Waals surface area contributed by atoms with Gasteiger partial charge in [0.25, 0.3) is 5.91 Å². The van der Waals surface area contributed by atoms with Crippen LogP contribution in [0, 0.1) is 5.92 Å². The number of benzene rings is 1. The average molecular weight is 373 g/mol. The highest BCUT2D eigenvalue weighted by atomic mass is 16.5. The van der Waals surface area contributed by atoms with Gasteiger partial charge in [-0.3, -0.25) is 9.69 Å². The first-order chi connectivity index (χ1) is 12.9. The second-order valence-corrected chi connectivity index (χ2v) is 7.32. The molecule has 3 amide bonds. The quantitative estimate of drug-likeness (QED) is 0.832. The largest absolute Gasteiger partial charge is 0.497 e. The summed E-state index contributed by atoms with van der Waals surface area (Å²) in [6, 6.07) is 4.59. The van der Waals surface area contributed by atoms with Crippen LogP contribution in [0.3, 0.4) is 0 Å². The summed E-state index contributed by atoms with van der Waals surface area (Å²) in [5, 5.41) is 2.94. The van der Waals surface area contributed by atoms with Crippen molar-refractivity contribution in [2.75, 3.05) is 34.4 Å². The van der Waals surface area contributed by atoms with Crippen LogP contribution >= 0.6 is 0 Å². The molecule has 0 bridgehead atoms. The minimum atomic E-state index is -0.565. The van der Waals surface area contributed by atoms with E-state index in [1.54, 1.807) is 33.4 Å². The average Bonchev–Trinajstić information content (AvgIpc) is 2.99. The van der Waals surface area contributed by atoms with Crippen LogP contribution in [-0.2, 0) is 4.79 Å². The molecule has 2 aliphatic heterocycles. The van der Waals surface area contributed by atoms with Gasteiger partial charge in [0, 0.05) is 19.2 Å². The maximum Gasteiger partial charge on any atom is 0.322 e. The van der Waals surface area contributed by atoms with Crippen molar-refractivity contribution in [1.82, 2.24) is 15.1 Å². The molecule has 0 aliphatic carbocycles. The molecule has 1 atom stereocenters. The van der Waals surface area contributed by atoms with Crippen LogP contribution in [0.1, 0.15) is 31.9 Å². The maximum absolute atomic E-state index is 13.2. The van der Waals surface area contributed by atoms with E-state index in [0.717, 1.165) is 12.1 Å². The molecule has 1 N–H and O–H groups in total. The Bertz CT molecular complexity index is 787. The van der Waals surface area contributed by atoms with Crippen LogP contribution < -0.4 is 14.8 Å². The van der Waals surface area contributed by atoms with Crippen molar-refractivity contribution in [1.29, 1.82) is 0 Å². The van der Waals surface area contributed by atoms with E-state index in [9.17, 15) is 9.59 Å². The monoisotopic (exact) mass is 373 g/mol. The minimum absolute atomic E-state index is 0.0348. The molecule has 0 unspecified atom stereocenters. The zero-order valence-corrected chi connectivity index (χ0v) is 16.5. The molecule has 0 aromatic heterocycles. The molecule has 2 aliphatic rings. The summed E-state index contributed by atoms with van der Waals surface area (Å²) in [6.45, 7) is 5.39. The molecule has 1 aromatic rings. The summed E-state index contributed by atoms with van der Waals surface area (Å²) >= 11 is 0. The van der Waals surface area contributed by atoms with Crippen molar-refractivity contribution in [2.45, 2.75) is 26.3 Å². The fourth-order valence-corrected chi connectivity index (χ4v) is 3.52. The number of methoxy groups -OCH3 is 2. The fraction of sp³-hybridized carbons (Fsp3) is 0.500. The molecule has 0 radical (unpaired) electrons. The molecule has 0 fully saturated rings. The highest BCUT2D eigenvalue weighted by Crippen LogP contribution is 2.40. The second-order valence-electron chi connectivity index (χ2n) is 7.32. The molecular formula is C20H27N3O4. The third-order valence-electron chi connectivity index (χ3n) is 5.16. The SMILES string of the molecule is COc1ccc(OC)c([C@H]2NC(=O)N(C)C3=C2C(=O)N(CCC(C)C)C3)c1. The predicted molar refractivity (Wildman–Crippen MR) is 102 cm³/mol. The van der Waals surface area contributed by atoms with Gasteiger partial charge >= 0.3 is 6.03 Å². The smallest absolute Gasteiger partial charge is 0.322 e. The lowest BCUT2D eigenvalue weighted by atomic mass is 9.94. The molecule has 7 heteroatoms. The molecule has 3 rings (SSSR count). The first-order valence-electron chi connectivity index (χ1n) is 9.15. The molecule has 0 saturated carbocycles. The summed E-state index contributed by atoms with van der Waals surface area (Å²) in [6.07, 6.45) is 0.921. The van der Waals surface area contributed by atoms with Gasteiger partial charge in [-0.2, -0.15) is 0 Å². The summed E-state index contributed by atoms with van der Waals surface area (Å²) in [7, 11) is 4.85. The van der Waals surface area contributed by atoms with Gasteiger partial charge in [-0.15, -0.1) is 0 Å². The van der Waals surface area contributed by atoms with E-state index < -0.39 is 6.04 Å². The van der Waals surface area contributed by atoms with Gasteiger partial charge < -0.3 is 19.7 Å². The van der Waals surface area contributed by atoms with Crippen molar-refractivity contribution in [3.8, 4) is 11.5 Å². The highest BCUT2D eigenvalue weighted by molar-refractivity contribution is 6.01. The third-order valence-corrected chi connectivity index (χ3v) is 5.16. The van der Waals surface area contributed by atoms with E-state index in [4.69, 9.17) is 9.47 Å². The molecule has 1 aromatic carbocycles. The third kappa shape index (κ3) is 3.46. The first kappa shape index (κ1) is 19.1. The van der Waals surface area contributed by atoms with Crippen LogP contribution in [0.25, 0.3) is 0 Å². The number of nitrogens with one attached hydrogen (secondary N) is 1. The summed E-state index contributed by atoms with van der Waals surface area (Å²) < 4.78 is 10.8. The molecule has 146 valence electrons. The number of hydrogen-bond donors (Lipinski definition) is 1. The molecule has 2 heterocycles. The summed E-state index contributed by atoms with van der Waals surface area (Å²) in [4.78, 5) is 29.0. The normalized spacial score (nSPS) is 19.6. The number of hydrogen-bond acceptors (Lipinski definition) is 4. The Kier molecular flexibility index (Phi) is 5.30. The van der Waals surface area contributed by atoms with E-state index >= 15 is 0 Å². The summed E-state index contributed by atoms with van der Waals surface area (Å²) in [5.41, 5.74) is 2.07. The van der Waals surface area contributed by atoms with Crippen molar-refractivity contribution < 1.29 is 19.1 Å². The number of amides is 3. The van der Waals surface area contributed by atoms with Gasteiger partial charge in [0.15, 0.2) is 0 Å². The fourth-order valence-electron chi connectivity index (χ4n) is 3.52. The minimum Gasteiger partial charge on any atom is -0.497 e. The van der Waals surface area contributed by atoms with Crippen molar-refractivity contribution >= 4 is 11.9 Å².